The Morgan fingerprint density at radius 1 is 1.56 bits per heavy atom. The van der Waals surface area contributed by atoms with Crippen LogP contribution in [0.3, 0.4) is 0 Å². The van der Waals surface area contributed by atoms with Crippen LogP contribution in [0.5, 0.6) is 0 Å². The molecule has 4 heteroatoms. The van der Waals surface area contributed by atoms with Crippen molar-refractivity contribution < 1.29 is 0 Å². The minimum atomic E-state index is 0.704. The molecule has 0 amide bonds. The quantitative estimate of drug-likeness (QED) is 0.813. The fraction of sp³-hybridized carbons (Fsp3) is 0.750. The molecule has 2 N–H and O–H groups in total. The van der Waals surface area contributed by atoms with Crippen molar-refractivity contribution in [1.29, 1.82) is 0 Å². The largest absolute Gasteiger partial charge is 0.338 e. The summed E-state index contributed by atoms with van der Waals surface area (Å²) < 4.78 is 2.10. The van der Waals surface area contributed by atoms with Gasteiger partial charge in [-0.15, -0.1) is 0 Å². The van der Waals surface area contributed by atoms with Crippen molar-refractivity contribution in [1.82, 2.24) is 14.5 Å². The second-order valence-corrected chi connectivity index (χ2v) is 4.75. The Labute approximate surface area is 97.4 Å². The second kappa shape index (κ2) is 5.46. The number of nitrogens with two attached hydrogens (primary N) is 1. The molecule has 4 nitrogen and oxygen atoms in total. The van der Waals surface area contributed by atoms with Crippen LogP contribution in [0.2, 0.25) is 0 Å². The molecule has 1 aliphatic heterocycles. The van der Waals surface area contributed by atoms with Gasteiger partial charge in [-0.05, 0) is 31.8 Å². The van der Waals surface area contributed by atoms with Gasteiger partial charge in [-0.2, -0.15) is 0 Å². The first-order valence-electron chi connectivity index (χ1n) is 6.18. The normalized spacial score (nSPS) is 22.5. The highest BCUT2D eigenvalue weighted by Gasteiger charge is 2.18. The van der Waals surface area contributed by atoms with Gasteiger partial charge < -0.3 is 15.2 Å². The molecule has 1 unspecified atom stereocenters. The van der Waals surface area contributed by atoms with E-state index in [2.05, 4.69) is 21.5 Å². The fourth-order valence-corrected chi connectivity index (χ4v) is 2.44. The lowest BCUT2D eigenvalue weighted by Crippen LogP contribution is -2.39. The van der Waals surface area contributed by atoms with Gasteiger partial charge in [0, 0.05) is 39.0 Å². The van der Waals surface area contributed by atoms with E-state index in [9.17, 15) is 0 Å². The molecule has 1 aromatic rings. The lowest BCUT2D eigenvalue weighted by Gasteiger charge is -2.31. The minimum Gasteiger partial charge on any atom is -0.338 e. The molecule has 0 aliphatic carbocycles. The SMILES string of the molecule is Cn1ccnc1CCN1CCCC(CN)C1. The molecule has 1 atom stereocenters. The van der Waals surface area contributed by atoms with E-state index in [0.29, 0.717) is 5.92 Å². The second-order valence-electron chi connectivity index (χ2n) is 4.75. The van der Waals surface area contributed by atoms with Crippen LogP contribution in [0.15, 0.2) is 12.4 Å². The average Bonchev–Trinajstić information content (AvgIpc) is 2.72. The van der Waals surface area contributed by atoms with E-state index in [0.717, 1.165) is 19.5 Å². The number of aryl methyl sites for hydroxylation is 1. The van der Waals surface area contributed by atoms with Gasteiger partial charge in [-0.3, -0.25) is 0 Å². The summed E-state index contributed by atoms with van der Waals surface area (Å²) in [6.07, 6.45) is 7.51. The maximum atomic E-state index is 5.74. The Balaban J connectivity index is 1.79. The van der Waals surface area contributed by atoms with Crippen LogP contribution < -0.4 is 5.73 Å². The molecular weight excluding hydrogens is 200 g/mol. The Kier molecular flexibility index (Phi) is 3.96. The summed E-state index contributed by atoms with van der Waals surface area (Å²) in [5, 5.41) is 0. The Morgan fingerprint density at radius 3 is 3.12 bits per heavy atom. The molecule has 90 valence electrons. The number of hydrogen-bond acceptors (Lipinski definition) is 3. The standard InChI is InChI=1S/C12H22N4/c1-15-8-5-14-12(15)4-7-16-6-2-3-11(9-13)10-16/h5,8,11H,2-4,6-7,9-10,13H2,1H3. The smallest absolute Gasteiger partial charge is 0.109 e. The lowest BCUT2D eigenvalue weighted by atomic mass is 9.98. The summed E-state index contributed by atoms with van der Waals surface area (Å²) >= 11 is 0. The first-order valence-corrected chi connectivity index (χ1v) is 6.18. The minimum absolute atomic E-state index is 0.704. The third-order valence-electron chi connectivity index (χ3n) is 3.51. The number of likely N-dealkylation sites (tertiary alicyclic amines) is 1. The van der Waals surface area contributed by atoms with E-state index >= 15 is 0 Å². The maximum Gasteiger partial charge on any atom is 0.109 e. The Morgan fingerprint density at radius 2 is 2.44 bits per heavy atom. The van der Waals surface area contributed by atoms with Gasteiger partial charge in [0.15, 0.2) is 0 Å². The first kappa shape index (κ1) is 11.6. The molecule has 2 heterocycles. The van der Waals surface area contributed by atoms with Gasteiger partial charge in [0.1, 0.15) is 5.82 Å². The fourth-order valence-electron chi connectivity index (χ4n) is 2.44. The molecular formula is C12H22N4. The molecule has 1 aromatic heterocycles. The molecule has 0 aromatic carbocycles. The zero-order valence-electron chi connectivity index (χ0n) is 10.1. The van der Waals surface area contributed by atoms with Gasteiger partial charge in [-0.1, -0.05) is 0 Å². The van der Waals surface area contributed by atoms with Crippen molar-refractivity contribution in [3.05, 3.63) is 18.2 Å². The molecule has 1 fully saturated rings. The predicted molar refractivity (Wildman–Crippen MR) is 65.1 cm³/mol. The van der Waals surface area contributed by atoms with E-state index in [-0.39, 0.29) is 0 Å². The van der Waals surface area contributed by atoms with E-state index in [1.807, 2.05) is 12.4 Å². The van der Waals surface area contributed by atoms with Crippen molar-refractivity contribution in [2.75, 3.05) is 26.2 Å². The lowest BCUT2D eigenvalue weighted by molar-refractivity contribution is 0.179. The van der Waals surface area contributed by atoms with Crippen molar-refractivity contribution in [3.63, 3.8) is 0 Å². The molecule has 2 rings (SSSR count). The van der Waals surface area contributed by atoms with Crippen LogP contribution in [0.25, 0.3) is 0 Å². The Bertz CT molecular complexity index is 321. The third kappa shape index (κ3) is 2.83. The van der Waals surface area contributed by atoms with Crippen LogP contribution >= 0.6 is 0 Å². The van der Waals surface area contributed by atoms with Crippen molar-refractivity contribution in [3.8, 4) is 0 Å². The summed E-state index contributed by atoms with van der Waals surface area (Å²) in [4.78, 5) is 6.87. The zero-order chi connectivity index (χ0) is 11.4. The highest BCUT2D eigenvalue weighted by molar-refractivity contribution is 4.92. The summed E-state index contributed by atoms with van der Waals surface area (Å²) in [6.45, 7) is 4.34. The first-order chi connectivity index (χ1) is 7.79. The van der Waals surface area contributed by atoms with Gasteiger partial charge in [0.25, 0.3) is 0 Å². The number of imidazole rings is 1. The van der Waals surface area contributed by atoms with Crippen molar-refractivity contribution in [2.45, 2.75) is 19.3 Å². The monoisotopic (exact) mass is 222 g/mol. The van der Waals surface area contributed by atoms with E-state index in [4.69, 9.17) is 5.73 Å². The highest BCUT2D eigenvalue weighted by atomic mass is 15.1. The number of rotatable bonds is 4. The van der Waals surface area contributed by atoms with E-state index in [1.165, 1.54) is 31.8 Å². The Hall–Kier alpha value is -0.870. The molecule has 0 bridgehead atoms. The summed E-state index contributed by atoms with van der Waals surface area (Å²) in [6, 6.07) is 0. The number of hydrogen-bond donors (Lipinski definition) is 1. The van der Waals surface area contributed by atoms with Crippen LogP contribution in [-0.2, 0) is 13.5 Å². The maximum absolute atomic E-state index is 5.74. The van der Waals surface area contributed by atoms with Crippen LogP contribution in [0.4, 0.5) is 0 Å². The van der Waals surface area contributed by atoms with Crippen molar-refractivity contribution in [2.24, 2.45) is 18.7 Å². The molecule has 0 radical (unpaired) electrons. The van der Waals surface area contributed by atoms with Crippen LogP contribution in [-0.4, -0.2) is 40.6 Å². The molecule has 0 saturated carbocycles. The molecule has 0 spiro atoms. The van der Waals surface area contributed by atoms with E-state index in [1.54, 1.807) is 0 Å². The molecule has 1 saturated heterocycles. The molecule has 16 heavy (non-hydrogen) atoms. The summed E-state index contributed by atoms with van der Waals surface area (Å²) in [5.41, 5.74) is 5.74. The highest BCUT2D eigenvalue weighted by Crippen LogP contribution is 2.15. The third-order valence-corrected chi connectivity index (χ3v) is 3.51. The predicted octanol–water partition coefficient (Wildman–Crippen LogP) is 0.633. The van der Waals surface area contributed by atoms with E-state index < -0.39 is 0 Å². The molecule has 1 aliphatic rings. The average molecular weight is 222 g/mol. The van der Waals surface area contributed by atoms with Crippen LogP contribution in [0, 0.1) is 5.92 Å². The van der Waals surface area contributed by atoms with Gasteiger partial charge in [0.05, 0.1) is 0 Å². The number of aromatic nitrogens is 2. The van der Waals surface area contributed by atoms with Crippen molar-refractivity contribution >= 4 is 0 Å². The topological polar surface area (TPSA) is 47.1 Å². The summed E-state index contributed by atoms with van der Waals surface area (Å²) in [7, 11) is 2.06. The summed E-state index contributed by atoms with van der Waals surface area (Å²) in [5.74, 6) is 1.88. The zero-order valence-corrected chi connectivity index (χ0v) is 10.1. The van der Waals surface area contributed by atoms with Gasteiger partial charge >= 0.3 is 0 Å². The number of nitrogens with zero attached hydrogens (tertiary/aromatic N) is 3. The number of piperidine rings is 1. The van der Waals surface area contributed by atoms with Gasteiger partial charge in [0.2, 0.25) is 0 Å². The van der Waals surface area contributed by atoms with Gasteiger partial charge in [-0.25, -0.2) is 4.98 Å². The van der Waals surface area contributed by atoms with Crippen LogP contribution in [0.1, 0.15) is 18.7 Å².